The van der Waals surface area contributed by atoms with Crippen LogP contribution in [0.1, 0.15) is 19.4 Å². The summed E-state index contributed by atoms with van der Waals surface area (Å²) in [6, 6.07) is 6.00. The van der Waals surface area contributed by atoms with Crippen LogP contribution in [0.5, 0.6) is 11.6 Å². The predicted molar refractivity (Wildman–Crippen MR) is 80.3 cm³/mol. The molecule has 6 heteroatoms. The number of aromatic nitrogens is 1. The van der Waals surface area contributed by atoms with E-state index in [0.29, 0.717) is 16.6 Å². The van der Waals surface area contributed by atoms with Crippen LogP contribution in [-0.2, 0) is 6.54 Å². The molecule has 1 aromatic carbocycles. The number of benzene rings is 1. The van der Waals surface area contributed by atoms with Gasteiger partial charge in [-0.25, -0.2) is 13.8 Å². The number of nitrogens with one attached hydrogen (secondary N) is 1. The minimum atomic E-state index is -0.515. The summed E-state index contributed by atoms with van der Waals surface area (Å²) in [7, 11) is 0. The first-order valence-electron chi connectivity index (χ1n) is 6.46. The molecule has 0 saturated carbocycles. The summed E-state index contributed by atoms with van der Waals surface area (Å²) < 4.78 is 33.2. The zero-order valence-corrected chi connectivity index (χ0v) is 13.2. The number of hydrogen-bond donors (Lipinski definition) is 1. The molecule has 1 heterocycles. The van der Waals surface area contributed by atoms with Crippen molar-refractivity contribution in [3.63, 3.8) is 0 Å². The van der Waals surface area contributed by atoms with E-state index in [1.54, 1.807) is 6.07 Å². The van der Waals surface area contributed by atoms with Crippen molar-refractivity contribution < 1.29 is 13.5 Å². The molecule has 1 aromatic heterocycles. The van der Waals surface area contributed by atoms with E-state index in [4.69, 9.17) is 4.74 Å². The molecule has 3 nitrogen and oxygen atoms in total. The Kier molecular flexibility index (Phi) is 5.25. The Labute approximate surface area is 130 Å². The minimum absolute atomic E-state index is 0.0445. The first-order valence-corrected chi connectivity index (χ1v) is 7.25. The second-order valence-corrected chi connectivity index (χ2v) is 5.75. The largest absolute Gasteiger partial charge is 0.436 e. The topological polar surface area (TPSA) is 34.2 Å². The highest BCUT2D eigenvalue weighted by atomic mass is 79.9. The van der Waals surface area contributed by atoms with Gasteiger partial charge in [0.15, 0.2) is 11.6 Å². The van der Waals surface area contributed by atoms with Gasteiger partial charge in [0.2, 0.25) is 5.88 Å². The Hall–Kier alpha value is -1.53. The molecule has 0 aliphatic carbocycles. The molecule has 0 atom stereocenters. The van der Waals surface area contributed by atoms with Gasteiger partial charge in [-0.2, -0.15) is 0 Å². The van der Waals surface area contributed by atoms with Crippen molar-refractivity contribution in [2.75, 3.05) is 0 Å². The van der Waals surface area contributed by atoms with E-state index in [2.05, 4.69) is 26.2 Å². The number of nitrogens with zero attached hydrogens (tertiary/aromatic N) is 1. The molecule has 0 spiro atoms. The average molecular weight is 357 g/mol. The predicted octanol–water partition coefficient (Wildman–Crippen LogP) is 4.41. The molecule has 0 radical (unpaired) electrons. The molecular weight excluding hydrogens is 342 g/mol. The summed E-state index contributed by atoms with van der Waals surface area (Å²) >= 11 is 3.18. The summed E-state index contributed by atoms with van der Waals surface area (Å²) in [4.78, 5) is 3.90. The van der Waals surface area contributed by atoms with Crippen LogP contribution in [0.25, 0.3) is 0 Å². The standard InChI is InChI=1S/C15H15BrF2N2O/c1-9(2)19-7-10-5-12(17)8-20-15(10)21-14-4-3-11(16)6-13(14)18/h3-6,8-9,19H,7H2,1-2H3. The second-order valence-electron chi connectivity index (χ2n) is 4.83. The lowest BCUT2D eigenvalue weighted by Gasteiger charge is -2.13. The highest BCUT2D eigenvalue weighted by Crippen LogP contribution is 2.28. The van der Waals surface area contributed by atoms with Gasteiger partial charge in [-0.05, 0) is 24.3 Å². The molecule has 1 N–H and O–H groups in total. The van der Waals surface area contributed by atoms with Gasteiger partial charge in [-0.3, -0.25) is 0 Å². The van der Waals surface area contributed by atoms with Crippen LogP contribution in [0.3, 0.4) is 0 Å². The number of hydrogen-bond acceptors (Lipinski definition) is 3. The zero-order valence-electron chi connectivity index (χ0n) is 11.7. The van der Waals surface area contributed by atoms with Crippen LogP contribution < -0.4 is 10.1 Å². The fourth-order valence-electron chi connectivity index (χ4n) is 1.66. The highest BCUT2D eigenvalue weighted by Gasteiger charge is 2.12. The SMILES string of the molecule is CC(C)NCc1cc(F)cnc1Oc1ccc(Br)cc1F. The van der Waals surface area contributed by atoms with Gasteiger partial charge in [0, 0.05) is 22.6 Å². The number of ether oxygens (including phenoxy) is 1. The molecule has 21 heavy (non-hydrogen) atoms. The van der Waals surface area contributed by atoms with Gasteiger partial charge in [-0.1, -0.05) is 29.8 Å². The van der Waals surface area contributed by atoms with Crippen LogP contribution >= 0.6 is 15.9 Å². The van der Waals surface area contributed by atoms with Crippen molar-refractivity contribution >= 4 is 15.9 Å². The summed E-state index contributed by atoms with van der Waals surface area (Å²) in [6.07, 6.45) is 1.05. The van der Waals surface area contributed by atoms with E-state index in [1.807, 2.05) is 13.8 Å². The van der Waals surface area contributed by atoms with Gasteiger partial charge in [-0.15, -0.1) is 0 Å². The third-order valence-electron chi connectivity index (χ3n) is 2.69. The summed E-state index contributed by atoms with van der Waals surface area (Å²) in [6.45, 7) is 4.33. The quantitative estimate of drug-likeness (QED) is 0.861. The van der Waals surface area contributed by atoms with Gasteiger partial charge < -0.3 is 10.1 Å². The maximum Gasteiger partial charge on any atom is 0.224 e. The van der Waals surface area contributed by atoms with Crippen molar-refractivity contribution in [3.8, 4) is 11.6 Å². The Morgan fingerprint density at radius 2 is 2.05 bits per heavy atom. The Bertz CT molecular complexity index is 635. The van der Waals surface area contributed by atoms with E-state index in [0.717, 1.165) is 6.20 Å². The Morgan fingerprint density at radius 3 is 2.71 bits per heavy atom. The lowest BCUT2D eigenvalue weighted by Crippen LogP contribution is -2.22. The normalized spacial score (nSPS) is 11.0. The van der Waals surface area contributed by atoms with Crippen LogP contribution in [0.2, 0.25) is 0 Å². The molecular formula is C15H15BrF2N2O. The number of pyridine rings is 1. The highest BCUT2D eigenvalue weighted by molar-refractivity contribution is 9.10. The third kappa shape index (κ3) is 4.47. The molecule has 2 rings (SSSR count). The van der Waals surface area contributed by atoms with E-state index >= 15 is 0 Å². The average Bonchev–Trinajstić information content (AvgIpc) is 2.41. The molecule has 0 amide bonds. The monoisotopic (exact) mass is 356 g/mol. The second kappa shape index (κ2) is 6.95. The van der Waals surface area contributed by atoms with Crippen molar-refractivity contribution in [1.82, 2.24) is 10.3 Å². The third-order valence-corrected chi connectivity index (χ3v) is 3.19. The number of rotatable bonds is 5. The zero-order chi connectivity index (χ0) is 15.4. The van der Waals surface area contributed by atoms with Gasteiger partial charge in [0.05, 0.1) is 6.20 Å². The van der Waals surface area contributed by atoms with E-state index in [-0.39, 0.29) is 17.7 Å². The summed E-state index contributed by atoms with van der Waals surface area (Å²) in [5.74, 6) is -0.744. The van der Waals surface area contributed by atoms with E-state index in [1.165, 1.54) is 18.2 Å². The Morgan fingerprint density at radius 1 is 1.29 bits per heavy atom. The first-order chi connectivity index (χ1) is 9.95. The van der Waals surface area contributed by atoms with E-state index in [9.17, 15) is 8.78 Å². The number of halogens is 3. The molecule has 0 fully saturated rings. The van der Waals surface area contributed by atoms with Crippen LogP contribution in [0, 0.1) is 11.6 Å². The van der Waals surface area contributed by atoms with Crippen LogP contribution in [-0.4, -0.2) is 11.0 Å². The smallest absolute Gasteiger partial charge is 0.224 e. The fourth-order valence-corrected chi connectivity index (χ4v) is 2.00. The summed E-state index contributed by atoms with van der Waals surface area (Å²) in [5, 5.41) is 3.15. The van der Waals surface area contributed by atoms with Gasteiger partial charge in [0.25, 0.3) is 0 Å². The Balaban J connectivity index is 2.26. The summed E-state index contributed by atoms with van der Waals surface area (Å²) in [5.41, 5.74) is 0.533. The fraction of sp³-hybridized carbons (Fsp3) is 0.267. The molecule has 0 unspecified atom stereocenters. The lowest BCUT2D eigenvalue weighted by atomic mass is 10.2. The maximum atomic E-state index is 13.8. The van der Waals surface area contributed by atoms with Crippen molar-refractivity contribution in [2.24, 2.45) is 0 Å². The first kappa shape index (κ1) is 15.9. The minimum Gasteiger partial charge on any atom is -0.436 e. The van der Waals surface area contributed by atoms with E-state index < -0.39 is 11.6 Å². The molecule has 0 saturated heterocycles. The molecule has 112 valence electrons. The van der Waals surface area contributed by atoms with Crippen LogP contribution in [0.15, 0.2) is 34.9 Å². The lowest BCUT2D eigenvalue weighted by molar-refractivity contribution is 0.416. The molecule has 0 aliphatic heterocycles. The van der Waals surface area contributed by atoms with Crippen molar-refractivity contribution in [2.45, 2.75) is 26.4 Å². The van der Waals surface area contributed by atoms with Gasteiger partial charge >= 0.3 is 0 Å². The van der Waals surface area contributed by atoms with Crippen molar-refractivity contribution in [3.05, 3.63) is 52.1 Å². The van der Waals surface area contributed by atoms with Gasteiger partial charge in [0.1, 0.15) is 5.82 Å². The molecule has 0 aliphatic rings. The molecule has 0 bridgehead atoms. The maximum absolute atomic E-state index is 13.8. The van der Waals surface area contributed by atoms with Crippen LogP contribution in [0.4, 0.5) is 8.78 Å². The van der Waals surface area contributed by atoms with Crippen molar-refractivity contribution in [1.29, 1.82) is 0 Å². The molecule has 2 aromatic rings.